The van der Waals surface area contributed by atoms with E-state index < -0.39 is 6.10 Å². The van der Waals surface area contributed by atoms with Crippen molar-refractivity contribution in [2.24, 2.45) is 0 Å². The minimum absolute atomic E-state index is 0.0522. The molecule has 1 fully saturated rings. The molecular weight excluding hydrogens is 256 g/mol. The Labute approximate surface area is 119 Å². The summed E-state index contributed by atoms with van der Waals surface area (Å²) >= 11 is 0. The molecule has 20 heavy (non-hydrogen) atoms. The predicted octanol–water partition coefficient (Wildman–Crippen LogP) is 1.01. The molecule has 1 aliphatic heterocycles. The second-order valence-electron chi connectivity index (χ2n) is 5.60. The lowest BCUT2D eigenvalue weighted by molar-refractivity contribution is 0.0537. The summed E-state index contributed by atoms with van der Waals surface area (Å²) in [6.07, 6.45) is 2.55. The van der Waals surface area contributed by atoms with Gasteiger partial charge in [-0.25, -0.2) is 0 Å². The van der Waals surface area contributed by atoms with Crippen molar-refractivity contribution < 1.29 is 9.84 Å². The summed E-state index contributed by atoms with van der Waals surface area (Å²) in [4.78, 5) is 14.6. The minimum atomic E-state index is -0.428. The van der Waals surface area contributed by atoms with Gasteiger partial charge in [-0.3, -0.25) is 4.79 Å². The molecule has 0 bridgehead atoms. The monoisotopic (exact) mass is 280 g/mol. The third-order valence-corrected chi connectivity index (χ3v) is 3.73. The van der Waals surface area contributed by atoms with Gasteiger partial charge in [0.25, 0.3) is 5.56 Å². The lowest BCUT2D eigenvalue weighted by Gasteiger charge is -2.16. The first-order valence-corrected chi connectivity index (χ1v) is 7.26. The minimum Gasteiger partial charge on any atom is -0.392 e. The number of aromatic amines is 1. The van der Waals surface area contributed by atoms with E-state index in [2.05, 4.69) is 10.3 Å². The number of ether oxygens (including phenoxy) is 1. The molecule has 2 rings (SSSR count). The molecule has 0 saturated carbocycles. The smallest absolute Gasteiger partial charge is 0.252 e. The van der Waals surface area contributed by atoms with E-state index in [1.54, 1.807) is 0 Å². The van der Waals surface area contributed by atoms with Gasteiger partial charge in [-0.05, 0) is 38.3 Å². The van der Waals surface area contributed by atoms with E-state index in [-0.39, 0.29) is 11.7 Å². The van der Waals surface area contributed by atoms with E-state index in [4.69, 9.17) is 4.74 Å². The molecule has 0 amide bonds. The second-order valence-corrected chi connectivity index (χ2v) is 5.60. The quantitative estimate of drug-likeness (QED) is 0.727. The van der Waals surface area contributed by atoms with Crippen LogP contribution in [0, 0.1) is 13.8 Å². The van der Waals surface area contributed by atoms with Gasteiger partial charge < -0.3 is 20.1 Å². The van der Waals surface area contributed by atoms with Gasteiger partial charge in [0.2, 0.25) is 0 Å². The second kappa shape index (κ2) is 7.02. The van der Waals surface area contributed by atoms with Crippen LogP contribution in [0.4, 0.5) is 0 Å². The van der Waals surface area contributed by atoms with E-state index in [0.29, 0.717) is 19.5 Å². The van der Waals surface area contributed by atoms with Crippen molar-refractivity contribution in [1.82, 2.24) is 10.3 Å². The van der Waals surface area contributed by atoms with Gasteiger partial charge in [-0.15, -0.1) is 0 Å². The Hall–Kier alpha value is -1.17. The van der Waals surface area contributed by atoms with Crippen LogP contribution in [0.25, 0.3) is 0 Å². The number of aliphatic hydroxyl groups is 1. The summed E-state index contributed by atoms with van der Waals surface area (Å²) in [5.41, 5.74) is 2.53. The van der Waals surface area contributed by atoms with E-state index in [1.165, 1.54) is 0 Å². The third kappa shape index (κ3) is 4.16. The largest absolute Gasteiger partial charge is 0.392 e. The van der Waals surface area contributed by atoms with Crippen LogP contribution in [0.2, 0.25) is 0 Å². The maximum Gasteiger partial charge on any atom is 0.252 e. The molecule has 1 saturated heterocycles. The Bertz CT molecular complexity index is 492. The number of H-pyrrole nitrogens is 1. The third-order valence-electron chi connectivity index (χ3n) is 3.73. The van der Waals surface area contributed by atoms with Gasteiger partial charge in [-0.1, -0.05) is 0 Å². The van der Waals surface area contributed by atoms with Crippen LogP contribution in [-0.2, 0) is 11.3 Å². The van der Waals surface area contributed by atoms with Crippen LogP contribution >= 0.6 is 0 Å². The number of hydrogen-bond acceptors (Lipinski definition) is 4. The lowest BCUT2D eigenvalue weighted by Crippen LogP contribution is -2.31. The van der Waals surface area contributed by atoms with Crippen molar-refractivity contribution in [2.75, 3.05) is 13.2 Å². The average molecular weight is 280 g/mol. The molecule has 1 aliphatic rings. The summed E-state index contributed by atoms with van der Waals surface area (Å²) in [7, 11) is 0. The van der Waals surface area contributed by atoms with Crippen LogP contribution < -0.4 is 10.9 Å². The first kappa shape index (κ1) is 15.2. The van der Waals surface area contributed by atoms with E-state index in [0.717, 1.165) is 36.3 Å². The van der Waals surface area contributed by atoms with Crippen LogP contribution in [0.3, 0.4) is 0 Å². The summed E-state index contributed by atoms with van der Waals surface area (Å²) in [5, 5.41) is 13.1. The highest BCUT2D eigenvalue weighted by molar-refractivity contribution is 5.24. The number of hydrogen-bond donors (Lipinski definition) is 3. The van der Waals surface area contributed by atoms with Crippen molar-refractivity contribution >= 4 is 0 Å². The zero-order chi connectivity index (χ0) is 14.5. The summed E-state index contributed by atoms with van der Waals surface area (Å²) in [6, 6.07) is 1.96. The Balaban J connectivity index is 1.79. The zero-order valence-electron chi connectivity index (χ0n) is 12.2. The van der Waals surface area contributed by atoms with Crippen LogP contribution in [-0.4, -0.2) is 35.5 Å². The number of aromatic nitrogens is 1. The normalized spacial score (nSPS) is 20.2. The zero-order valence-corrected chi connectivity index (χ0v) is 12.2. The summed E-state index contributed by atoms with van der Waals surface area (Å²) in [5.74, 6) is 0. The molecule has 0 aromatic carbocycles. The van der Waals surface area contributed by atoms with Crippen molar-refractivity contribution in [3.63, 3.8) is 0 Å². The summed E-state index contributed by atoms with van der Waals surface area (Å²) in [6.45, 7) is 5.57. The predicted molar refractivity (Wildman–Crippen MR) is 77.8 cm³/mol. The van der Waals surface area contributed by atoms with E-state index in [1.807, 2.05) is 19.9 Å². The topological polar surface area (TPSA) is 74.3 Å². The maximum absolute atomic E-state index is 11.8. The van der Waals surface area contributed by atoms with Gasteiger partial charge in [0.15, 0.2) is 0 Å². The van der Waals surface area contributed by atoms with E-state index in [9.17, 15) is 9.90 Å². The Morgan fingerprint density at radius 3 is 3.00 bits per heavy atom. The fourth-order valence-electron chi connectivity index (χ4n) is 2.68. The van der Waals surface area contributed by atoms with Crippen molar-refractivity contribution in [2.45, 2.75) is 51.9 Å². The molecule has 0 spiro atoms. The van der Waals surface area contributed by atoms with Crippen molar-refractivity contribution in [1.29, 1.82) is 0 Å². The van der Waals surface area contributed by atoms with E-state index >= 15 is 0 Å². The fourth-order valence-corrected chi connectivity index (χ4v) is 2.68. The molecule has 1 aromatic rings. The molecule has 1 aromatic heterocycles. The molecule has 0 aliphatic carbocycles. The van der Waals surface area contributed by atoms with Gasteiger partial charge in [0, 0.05) is 37.4 Å². The number of aliphatic hydroxyl groups excluding tert-OH is 1. The molecule has 2 atom stereocenters. The first-order valence-electron chi connectivity index (χ1n) is 7.26. The molecule has 5 nitrogen and oxygen atoms in total. The number of nitrogens with one attached hydrogen (secondary N) is 2. The van der Waals surface area contributed by atoms with Crippen LogP contribution in [0.15, 0.2) is 10.9 Å². The molecule has 2 unspecified atom stereocenters. The van der Waals surface area contributed by atoms with Gasteiger partial charge in [0.05, 0.1) is 12.2 Å². The van der Waals surface area contributed by atoms with Crippen LogP contribution in [0.1, 0.15) is 36.1 Å². The highest BCUT2D eigenvalue weighted by Gasteiger charge is 2.19. The van der Waals surface area contributed by atoms with Gasteiger partial charge >= 0.3 is 0 Å². The molecule has 5 heteroatoms. The standard InChI is InChI=1S/C15H24N2O3/c1-10-6-11(2)17-15(19)14(10)9-16-8-12(18)7-13-4-3-5-20-13/h6,12-13,16,18H,3-5,7-9H2,1-2H3,(H,17,19). The molecule has 112 valence electrons. The highest BCUT2D eigenvalue weighted by atomic mass is 16.5. The maximum atomic E-state index is 11.8. The number of rotatable bonds is 6. The lowest BCUT2D eigenvalue weighted by atomic mass is 10.1. The Morgan fingerprint density at radius 2 is 2.35 bits per heavy atom. The first-order chi connectivity index (χ1) is 9.56. The molecule has 2 heterocycles. The average Bonchev–Trinajstić information content (AvgIpc) is 2.85. The molecule has 3 N–H and O–H groups in total. The molecule has 0 radical (unpaired) electrons. The number of aryl methyl sites for hydroxylation is 2. The van der Waals surface area contributed by atoms with Crippen LogP contribution in [0.5, 0.6) is 0 Å². The Kier molecular flexibility index (Phi) is 5.34. The Morgan fingerprint density at radius 1 is 1.55 bits per heavy atom. The van der Waals surface area contributed by atoms with Gasteiger partial charge in [0.1, 0.15) is 0 Å². The number of pyridine rings is 1. The highest BCUT2D eigenvalue weighted by Crippen LogP contribution is 2.16. The molecular formula is C15H24N2O3. The summed E-state index contributed by atoms with van der Waals surface area (Å²) < 4.78 is 5.50. The van der Waals surface area contributed by atoms with Crippen molar-refractivity contribution in [3.8, 4) is 0 Å². The fraction of sp³-hybridized carbons (Fsp3) is 0.667. The SMILES string of the molecule is Cc1cc(C)c(CNCC(O)CC2CCCO2)c(=O)[nH]1. The van der Waals surface area contributed by atoms with Crippen molar-refractivity contribution in [3.05, 3.63) is 33.2 Å². The van der Waals surface area contributed by atoms with Gasteiger partial charge in [-0.2, -0.15) is 0 Å².